The Bertz CT molecular complexity index is 314. The summed E-state index contributed by atoms with van der Waals surface area (Å²) >= 11 is 0. The summed E-state index contributed by atoms with van der Waals surface area (Å²) in [6.45, 7) is 4.96. The molecule has 0 unspecified atom stereocenters. The number of hydrogen-bond acceptors (Lipinski definition) is 5. The molecule has 23 heavy (non-hydrogen) atoms. The highest BCUT2D eigenvalue weighted by Gasteiger charge is 2.25. The molecule has 0 aliphatic carbocycles. The van der Waals surface area contributed by atoms with Gasteiger partial charge in [0, 0.05) is 19.0 Å². The molecule has 0 saturated heterocycles. The lowest BCUT2D eigenvalue weighted by Crippen LogP contribution is -2.55. The fourth-order valence-electron chi connectivity index (χ4n) is 2.49. The van der Waals surface area contributed by atoms with Crippen LogP contribution in [0.3, 0.4) is 0 Å². The fraction of sp³-hybridized carbons (Fsp3) is 0.824. The van der Waals surface area contributed by atoms with Crippen LogP contribution >= 0.6 is 0 Å². The molecule has 0 rings (SSSR count). The molecule has 0 aromatic carbocycles. The average Bonchev–Trinajstić information content (AvgIpc) is 2.52. The molecule has 6 heteroatoms. The maximum atomic E-state index is 10.7. The smallest absolute Gasteiger partial charge is 0.103 e. The fourth-order valence-corrected chi connectivity index (χ4v) is 2.49. The van der Waals surface area contributed by atoms with Crippen molar-refractivity contribution in [3.05, 3.63) is 12.2 Å². The molecular formula is C17H33NO5. The highest BCUT2D eigenvalue weighted by atomic mass is 16.5. The molecule has 0 saturated carbocycles. The number of rotatable bonds is 16. The van der Waals surface area contributed by atoms with Crippen LogP contribution in [-0.2, 0) is 9.53 Å². The Balaban J connectivity index is 4.09. The van der Waals surface area contributed by atoms with Crippen LogP contribution in [0.4, 0.5) is 0 Å². The van der Waals surface area contributed by atoms with Gasteiger partial charge in [0.15, 0.2) is 0 Å². The zero-order valence-corrected chi connectivity index (χ0v) is 14.4. The van der Waals surface area contributed by atoms with Crippen LogP contribution < -0.4 is 5.11 Å². The number of nitrogens with zero attached hydrogens (tertiary/aromatic N) is 1. The Hall–Kier alpha value is -0.950. The van der Waals surface area contributed by atoms with Crippen molar-refractivity contribution in [2.24, 2.45) is 0 Å². The summed E-state index contributed by atoms with van der Waals surface area (Å²) < 4.78 is 5.96. The van der Waals surface area contributed by atoms with Crippen molar-refractivity contribution in [1.82, 2.24) is 0 Å². The van der Waals surface area contributed by atoms with Crippen LogP contribution in [0.25, 0.3) is 0 Å². The molecule has 2 N–H and O–H groups in total. The van der Waals surface area contributed by atoms with Gasteiger partial charge in [-0.1, -0.05) is 25.5 Å². The summed E-state index contributed by atoms with van der Waals surface area (Å²) in [6.07, 6.45) is 8.50. The van der Waals surface area contributed by atoms with Crippen molar-refractivity contribution >= 4 is 5.97 Å². The minimum Gasteiger partial charge on any atom is -0.550 e. The highest BCUT2D eigenvalue weighted by Crippen LogP contribution is 2.08. The summed E-state index contributed by atoms with van der Waals surface area (Å²) in [4.78, 5) is 10.7. The number of aliphatic hydroxyl groups is 2. The van der Waals surface area contributed by atoms with Gasteiger partial charge < -0.3 is 29.3 Å². The topological polar surface area (TPSA) is 89.8 Å². The van der Waals surface area contributed by atoms with Gasteiger partial charge in [0.2, 0.25) is 0 Å². The quantitative estimate of drug-likeness (QED) is 0.237. The van der Waals surface area contributed by atoms with E-state index in [9.17, 15) is 20.1 Å². The summed E-state index contributed by atoms with van der Waals surface area (Å²) in [5.74, 6) is -1.11. The summed E-state index contributed by atoms with van der Waals surface area (Å²) in [5.41, 5.74) is 0. The molecule has 0 aromatic heterocycles. The third kappa shape index (κ3) is 12.2. The van der Waals surface area contributed by atoms with E-state index in [1.807, 2.05) is 0 Å². The molecule has 0 aromatic rings. The maximum Gasteiger partial charge on any atom is 0.103 e. The third-order valence-electron chi connectivity index (χ3n) is 3.93. The molecule has 0 radical (unpaired) electrons. The predicted octanol–water partition coefficient (Wildman–Crippen LogP) is 0.0809. The first-order valence-corrected chi connectivity index (χ1v) is 8.59. The number of aliphatic carboxylic acids is 1. The van der Waals surface area contributed by atoms with Crippen LogP contribution in [0.5, 0.6) is 0 Å². The van der Waals surface area contributed by atoms with Crippen LogP contribution in [0.2, 0.25) is 0 Å². The number of ether oxygens (including phenoxy) is 1. The van der Waals surface area contributed by atoms with Gasteiger partial charge in [0.25, 0.3) is 0 Å². The van der Waals surface area contributed by atoms with E-state index in [0.29, 0.717) is 43.9 Å². The molecule has 6 nitrogen and oxygen atoms in total. The number of allylic oxidation sites excluding steroid dienone is 2. The van der Waals surface area contributed by atoms with Crippen molar-refractivity contribution in [2.75, 3.05) is 52.6 Å². The zero-order chi connectivity index (χ0) is 17.4. The van der Waals surface area contributed by atoms with Gasteiger partial charge in [-0.2, -0.15) is 0 Å². The average molecular weight is 331 g/mol. The van der Waals surface area contributed by atoms with Gasteiger partial charge in [0.05, 0.1) is 26.4 Å². The van der Waals surface area contributed by atoms with Gasteiger partial charge in [-0.25, -0.2) is 0 Å². The molecule has 0 amide bonds. The lowest BCUT2D eigenvalue weighted by Gasteiger charge is -2.38. The first kappa shape index (κ1) is 22.1. The summed E-state index contributed by atoms with van der Waals surface area (Å²) in [7, 11) is 0. The van der Waals surface area contributed by atoms with E-state index in [0.717, 1.165) is 25.7 Å². The molecule has 136 valence electrons. The number of carbonyl (C=O) groups is 1. The Kier molecular flexibility index (Phi) is 14.0. The van der Waals surface area contributed by atoms with Crippen LogP contribution in [0.1, 0.15) is 39.0 Å². The number of carbonyl (C=O) groups excluding carboxylic acids is 1. The number of quaternary nitrogens is 1. The molecule has 0 bridgehead atoms. The molecular weight excluding hydrogens is 298 g/mol. The van der Waals surface area contributed by atoms with E-state index >= 15 is 0 Å². The van der Waals surface area contributed by atoms with Crippen LogP contribution in [-0.4, -0.2) is 73.3 Å². The maximum absolute atomic E-state index is 10.7. The highest BCUT2D eigenvalue weighted by molar-refractivity contribution is 5.64. The minimum absolute atomic E-state index is 0.0464. The van der Waals surface area contributed by atoms with Gasteiger partial charge in [-0.3, -0.25) is 0 Å². The van der Waals surface area contributed by atoms with Gasteiger partial charge in [0.1, 0.15) is 19.6 Å². The first-order chi connectivity index (χ1) is 11.1. The Labute approximate surface area is 140 Å². The normalized spacial score (nSPS) is 12.1. The van der Waals surface area contributed by atoms with Gasteiger partial charge in [-0.15, -0.1) is 0 Å². The van der Waals surface area contributed by atoms with E-state index in [4.69, 9.17) is 4.74 Å². The second-order valence-electron chi connectivity index (χ2n) is 5.82. The van der Waals surface area contributed by atoms with Crippen molar-refractivity contribution in [3.63, 3.8) is 0 Å². The van der Waals surface area contributed by atoms with Crippen molar-refractivity contribution in [2.45, 2.75) is 39.0 Å². The Morgan fingerprint density at radius 3 is 2.26 bits per heavy atom. The van der Waals surface area contributed by atoms with E-state index in [2.05, 4.69) is 19.1 Å². The second kappa shape index (κ2) is 14.6. The van der Waals surface area contributed by atoms with Crippen molar-refractivity contribution < 1.29 is 29.3 Å². The lowest BCUT2D eigenvalue weighted by molar-refractivity contribution is -0.928. The van der Waals surface area contributed by atoms with E-state index < -0.39 is 5.97 Å². The minimum atomic E-state index is -1.11. The predicted molar refractivity (Wildman–Crippen MR) is 87.6 cm³/mol. The molecule has 0 aliphatic rings. The number of unbranched alkanes of at least 4 members (excludes halogenated alkanes) is 2. The number of hydrogen-bond donors (Lipinski definition) is 2. The van der Waals surface area contributed by atoms with E-state index in [1.54, 1.807) is 0 Å². The Morgan fingerprint density at radius 1 is 1.04 bits per heavy atom. The third-order valence-corrected chi connectivity index (χ3v) is 3.93. The largest absolute Gasteiger partial charge is 0.550 e. The van der Waals surface area contributed by atoms with Crippen LogP contribution in [0.15, 0.2) is 12.2 Å². The monoisotopic (exact) mass is 331 g/mol. The second-order valence-corrected chi connectivity index (χ2v) is 5.82. The zero-order valence-electron chi connectivity index (χ0n) is 14.4. The summed E-state index contributed by atoms with van der Waals surface area (Å²) in [6, 6.07) is 0. The van der Waals surface area contributed by atoms with Crippen molar-refractivity contribution in [3.8, 4) is 0 Å². The molecule has 0 fully saturated rings. The SMILES string of the molecule is CCC/C=C/CCCOCC[N+](CCO)(CCO)CCC(=O)[O-]. The van der Waals surface area contributed by atoms with Crippen molar-refractivity contribution in [1.29, 1.82) is 0 Å². The van der Waals surface area contributed by atoms with E-state index in [1.165, 1.54) is 0 Å². The number of carboxylic acids is 1. The standard InChI is InChI=1S/C17H33NO5/c1-2-3-4-5-6-7-15-23-16-12-18(10-13-19,11-14-20)9-8-17(21)22/h4-5,19-20H,2-3,6-16H2,1H3/b5-4+. The molecule has 0 spiro atoms. The summed E-state index contributed by atoms with van der Waals surface area (Å²) in [5, 5.41) is 29.2. The molecule has 0 atom stereocenters. The van der Waals surface area contributed by atoms with Crippen LogP contribution in [0, 0.1) is 0 Å². The lowest BCUT2D eigenvalue weighted by atomic mass is 10.2. The Morgan fingerprint density at radius 2 is 1.70 bits per heavy atom. The van der Waals surface area contributed by atoms with E-state index in [-0.39, 0.29) is 19.6 Å². The van der Waals surface area contributed by atoms with Gasteiger partial charge >= 0.3 is 0 Å². The molecule has 0 aliphatic heterocycles. The number of carboxylic acid groups (broad SMARTS) is 1. The number of aliphatic hydroxyl groups excluding tert-OH is 2. The molecule has 0 heterocycles. The van der Waals surface area contributed by atoms with Gasteiger partial charge in [-0.05, 0) is 19.3 Å². The first-order valence-electron chi connectivity index (χ1n) is 8.59.